The molecule has 0 spiro atoms. The Balaban J connectivity index is 1.94. The number of rotatable bonds is 5. The zero-order valence-electron chi connectivity index (χ0n) is 14.7. The van der Waals surface area contributed by atoms with Crippen LogP contribution in [0, 0.1) is 0 Å². The summed E-state index contributed by atoms with van der Waals surface area (Å²) in [5.41, 5.74) is 8.12. The molecule has 3 N–H and O–H groups in total. The Bertz CT molecular complexity index is 776. The number of ether oxygens (including phenoxy) is 3. The summed E-state index contributed by atoms with van der Waals surface area (Å²) in [7, 11) is 4.93. The van der Waals surface area contributed by atoms with Crippen molar-refractivity contribution < 1.29 is 14.2 Å². The maximum Gasteiger partial charge on any atom is 0.189 e. The first-order valence-corrected chi connectivity index (χ1v) is 8.11. The van der Waals surface area contributed by atoms with E-state index < -0.39 is 0 Å². The molecule has 1 heterocycles. The fourth-order valence-electron chi connectivity index (χ4n) is 3.17. The molecular weight excluding hydrogens is 318 g/mol. The summed E-state index contributed by atoms with van der Waals surface area (Å²) in [4.78, 5) is 4.56. The third-order valence-electron chi connectivity index (χ3n) is 4.36. The second kappa shape index (κ2) is 7.34. The van der Waals surface area contributed by atoms with Gasteiger partial charge in [-0.1, -0.05) is 24.3 Å². The normalized spacial score (nSPS) is 19.6. The van der Waals surface area contributed by atoms with Crippen LogP contribution in [0.4, 0.5) is 0 Å². The lowest BCUT2D eigenvalue weighted by atomic mass is 9.93. The molecule has 0 aromatic heterocycles. The Morgan fingerprint density at radius 3 is 2.56 bits per heavy atom. The summed E-state index contributed by atoms with van der Waals surface area (Å²) < 4.78 is 16.3. The van der Waals surface area contributed by atoms with Gasteiger partial charge in [-0.15, -0.1) is 0 Å². The molecular formula is C19H23N3O3. The van der Waals surface area contributed by atoms with Crippen LogP contribution in [0.25, 0.3) is 0 Å². The Morgan fingerprint density at radius 2 is 1.84 bits per heavy atom. The summed E-state index contributed by atoms with van der Waals surface area (Å²) in [5, 5.41) is 3.25. The summed E-state index contributed by atoms with van der Waals surface area (Å²) in [6.07, 6.45) is 0.747. The Labute approximate surface area is 147 Å². The van der Waals surface area contributed by atoms with E-state index in [0.717, 1.165) is 23.3 Å². The fraction of sp³-hybridized carbons (Fsp3) is 0.316. The van der Waals surface area contributed by atoms with Gasteiger partial charge in [0, 0.05) is 5.56 Å². The van der Waals surface area contributed by atoms with E-state index in [1.807, 2.05) is 42.5 Å². The lowest BCUT2D eigenvalue weighted by Crippen LogP contribution is -2.39. The van der Waals surface area contributed by atoms with Crippen molar-refractivity contribution in [1.82, 2.24) is 5.32 Å². The Hall–Kier alpha value is -2.89. The number of nitrogens with two attached hydrogens (primary N) is 1. The van der Waals surface area contributed by atoms with E-state index in [0.29, 0.717) is 17.5 Å². The third kappa shape index (κ3) is 3.47. The van der Waals surface area contributed by atoms with E-state index in [4.69, 9.17) is 19.9 Å². The molecule has 1 aliphatic heterocycles. The third-order valence-corrected chi connectivity index (χ3v) is 4.36. The van der Waals surface area contributed by atoms with E-state index in [9.17, 15) is 0 Å². The predicted molar refractivity (Wildman–Crippen MR) is 97.4 cm³/mol. The summed E-state index contributed by atoms with van der Waals surface area (Å²) in [6, 6.07) is 13.7. The summed E-state index contributed by atoms with van der Waals surface area (Å²) >= 11 is 0. The van der Waals surface area contributed by atoms with E-state index in [2.05, 4.69) is 10.3 Å². The first-order valence-electron chi connectivity index (χ1n) is 8.11. The van der Waals surface area contributed by atoms with Crippen molar-refractivity contribution in [3.05, 3.63) is 53.6 Å². The van der Waals surface area contributed by atoms with Gasteiger partial charge in [0.05, 0.1) is 33.4 Å². The molecule has 2 unspecified atom stereocenters. The van der Waals surface area contributed by atoms with Crippen LogP contribution in [0.2, 0.25) is 0 Å². The highest BCUT2D eigenvalue weighted by Crippen LogP contribution is 2.40. The molecule has 2 aromatic rings. The second-order valence-electron chi connectivity index (χ2n) is 5.82. The number of nitrogens with zero attached hydrogens (tertiary/aromatic N) is 1. The van der Waals surface area contributed by atoms with E-state index in [1.165, 1.54) is 0 Å². The Kier molecular flexibility index (Phi) is 4.97. The Morgan fingerprint density at radius 1 is 1.04 bits per heavy atom. The lowest BCUT2D eigenvalue weighted by Gasteiger charge is -2.30. The predicted octanol–water partition coefficient (Wildman–Crippen LogP) is 2.80. The van der Waals surface area contributed by atoms with Crippen molar-refractivity contribution in [2.45, 2.75) is 18.5 Å². The minimum Gasteiger partial charge on any atom is -0.497 e. The first-order chi connectivity index (χ1) is 12.2. The molecule has 6 nitrogen and oxygen atoms in total. The van der Waals surface area contributed by atoms with Crippen LogP contribution in [0.1, 0.15) is 29.6 Å². The molecule has 25 heavy (non-hydrogen) atoms. The van der Waals surface area contributed by atoms with E-state index in [1.54, 1.807) is 21.3 Å². The molecule has 0 radical (unpaired) electrons. The van der Waals surface area contributed by atoms with Gasteiger partial charge in [0.2, 0.25) is 0 Å². The number of benzene rings is 2. The largest absolute Gasteiger partial charge is 0.497 e. The number of para-hydroxylation sites is 1. The topological polar surface area (TPSA) is 78.1 Å². The molecule has 132 valence electrons. The van der Waals surface area contributed by atoms with Crippen molar-refractivity contribution in [1.29, 1.82) is 0 Å². The van der Waals surface area contributed by atoms with Crippen LogP contribution in [0.15, 0.2) is 47.5 Å². The highest BCUT2D eigenvalue weighted by molar-refractivity contribution is 5.79. The SMILES string of the molecule is COc1cccc(C2CC(c3cccc(OC)c3OC)NC(N)=N2)c1. The molecule has 6 heteroatoms. The molecule has 0 amide bonds. The smallest absolute Gasteiger partial charge is 0.189 e. The standard InChI is InChI=1S/C19H23N3O3/c1-23-13-7-4-6-12(10-13)15-11-16(22-19(20)21-15)14-8-5-9-17(24-2)18(14)25-3/h4-10,15-16H,11H2,1-3H3,(H3,20,21,22). The van der Waals surface area contributed by atoms with Gasteiger partial charge in [-0.2, -0.15) is 0 Å². The molecule has 1 aliphatic rings. The number of nitrogens with one attached hydrogen (secondary N) is 1. The van der Waals surface area contributed by atoms with Crippen molar-refractivity contribution in [2.75, 3.05) is 21.3 Å². The van der Waals surface area contributed by atoms with Gasteiger partial charge in [-0.05, 0) is 30.2 Å². The zero-order chi connectivity index (χ0) is 17.8. The monoisotopic (exact) mass is 341 g/mol. The van der Waals surface area contributed by atoms with Crippen LogP contribution in [0.3, 0.4) is 0 Å². The highest BCUT2D eigenvalue weighted by Gasteiger charge is 2.27. The van der Waals surface area contributed by atoms with Gasteiger partial charge >= 0.3 is 0 Å². The maximum absolute atomic E-state index is 6.06. The van der Waals surface area contributed by atoms with Crippen LogP contribution < -0.4 is 25.3 Å². The van der Waals surface area contributed by atoms with Gasteiger partial charge in [0.25, 0.3) is 0 Å². The average molecular weight is 341 g/mol. The second-order valence-corrected chi connectivity index (χ2v) is 5.82. The van der Waals surface area contributed by atoms with Crippen LogP contribution in [0.5, 0.6) is 17.2 Å². The summed E-state index contributed by atoms with van der Waals surface area (Å²) in [6.45, 7) is 0. The van der Waals surface area contributed by atoms with Gasteiger partial charge in [-0.3, -0.25) is 0 Å². The first kappa shape index (κ1) is 17.0. The molecule has 0 saturated carbocycles. The minimum absolute atomic E-state index is 0.0289. The number of hydrogen-bond acceptors (Lipinski definition) is 6. The van der Waals surface area contributed by atoms with Crippen LogP contribution in [-0.4, -0.2) is 27.3 Å². The molecule has 0 aliphatic carbocycles. The molecule has 0 saturated heterocycles. The fourth-order valence-corrected chi connectivity index (χ4v) is 3.17. The van der Waals surface area contributed by atoms with Gasteiger partial charge in [0.1, 0.15) is 5.75 Å². The van der Waals surface area contributed by atoms with Crippen molar-refractivity contribution in [2.24, 2.45) is 10.7 Å². The zero-order valence-corrected chi connectivity index (χ0v) is 14.7. The number of hydrogen-bond donors (Lipinski definition) is 2. The molecule has 0 fully saturated rings. The molecule has 0 bridgehead atoms. The molecule has 2 aromatic carbocycles. The van der Waals surface area contributed by atoms with Crippen molar-refractivity contribution in [3.63, 3.8) is 0 Å². The number of guanidine groups is 1. The number of methoxy groups -OCH3 is 3. The average Bonchev–Trinajstić information content (AvgIpc) is 2.66. The van der Waals surface area contributed by atoms with Crippen molar-refractivity contribution >= 4 is 5.96 Å². The van der Waals surface area contributed by atoms with E-state index in [-0.39, 0.29) is 12.1 Å². The van der Waals surface area contributed by atoms with Gasteiger partial charge in [0.15, 0.2) is 17.5 Å². The lowest BCUT2D eigenvalue weighted by molar-refractivity contribution is 0.345. The minimum atomic E-state index is -0.0581. The molecule has 2 atom stereocenters. The molecule has 3 rings (SSSR count). The van der Waals surface area contributed by atoms with Crippen LogP contribution >= 0.6 is 0 Å². The maximum atomic E-state index is 6.06. The van der Waals surface area contributed by atoms with E-state index >= 15 is 0 Å². The van der Waals surface area contributed by atoms with Gasteiger partial charge in [-0.25, -0.2) is 4.99 Å². The number of aliphatic imine (C=N–C) groups is 1. The quantitative estimate of drug-likeness (QED) is 0.874. The summed E-state index contributed by atoms with van der Waals surface area (Å²) in [5.74, 6) is 2.62. The van der Waals surface area contributed by atoms with Crippen LogP contribution in [-0.2, 0) is 0 Å². The highest BCUT2D eigenvalue weighted by atomic mass is 16.5. The van der Waals surface area contributed by atoms with Gasteiger partial charge < -0.3 is 25.3 Å². The van der Waals surface area contributed by atoms with Crippen molar-refractivity contribution in [3.8, 4) is 17.2 Å².